The van der Waals surface area contributed by atoms with Crippen molar-refractivity contribution in [2.45, 2.75) is 17.7 Å². The molecule has 5 nitrogen and oxygen atoms in total. The van der Waals surface area contributed by atoms with Gasteiger partial charge in [-0.25, -0.2) is 0 Å². The van der Waals surface area contributed by atoms with Crippen LogP contribution in [0.15, 0.2) is 57.9 Å². The van der Waals surface area contributed by atoms with E-state index in [2.05, 4.69) is 21.2 Å². The Hall–Kier alpha value is -1.83. The molecule has 3 rings (SSSR count). The Morgan fingerprint density at radius 2 is 1.86 bits per heavy atom. The second-order valence-corrected chi connectivity index (χ2v) is 8.75. The number of halogens is 1. The van der Waals surface area contributed by atoms with E-state index in [-0.39, 0.29) is 24.3 Å². The number of benzene rings is 2. The molecule has 1 aliphatic rings. The van der Waals surface area contributed by atoms with E-state index < -0.39 is 0 Å². The van der Waals surface area contributed by atoms with Gasteiger partial charge >= 0.3 is 0 Å². The van der Waals surface area contributed by atoms with Crippen molar-refractivity contribution in [1.29, 1.82) is 0 Å². The Balaban J connectivity index is 1.54. The molecule has 2 aromatic rings. The maximum atomic E-state index is 12.7. The fourth-order valence-corrected chi connectivity index (χ4v) is 4.07. The molecule has 1 heterocycles. The third-order valence-electron chi connectivity index (χ3n) is 4.74. The topological polar surface area (TPSA) is 69.6 Å². The monoisotopic (exact) mass is 462 g/mol. The number of nitrogens with one attached hydrogen (secondary N) is 1. The highest BCUT2D eigenvalue weighted by molar-refractivity contribution is 9.10. The number of carbonyl (C=O) groups excluding carboxylic acids is 2. The van der Waals surface area contributed by atoms with Crippen molar-refractivity contribution in [3.8, 4) is 0 Å². The van der Waals surface area contributed by atoms with Crippen molar-refractivity contribution in [2.75, 3.05) is 30.8 Å². The molecule has 2 aromatic carbocycles. The molecule has 1 saturated heterocycles. The van der Waals surface area contributed by atoms with Crippen LogP contribution in [0.2, 0.25) is 0 Å². The zero-order chi connectivity index (χ0) is 19.9. The van der Waals surface area contributed by atoms with Gasteiger partial charge in [0, 0.05) is 40.3 Å². The number of carbonyl (C=O) groups is 2. The van der Waals surface area contributed by atoms with Gasteiger partial charge in [0.2, 0.25) is 5.91 Å². The van der Waals surface area contributed by atoms with Crippen molar-refractivity contribution >= 4 is 45.2 Å². The molecule has 1 aliphatic heterocycles. The van der Waals surface area contributed by atoms with Crippen LogP contribution in [0, 0.1) is 5.92 Å². The zero-order valence-corrected chi connectivity index (χ0v) is 17.8. The summed E-state index contributed by atoms with van der Waals surface area (Å²) in [5.74, 6) is 0.449. The number of thioether (sulfide) groups is 1. The molecule has 0 bridgehead atoms. The molecule has 2 amide bonds. The third-order valence-corrected chi connectivity index (χ3v) is 6.28. The highest BCUT2D eigenvalue weighted by Crippen LogP contribution is 2.22. The van der Waals surface area contributed by atoms with Gasteiger partial charge in [-0.15, -0.1) is 11.8 Å². The van der Waals surface area contributed by atoms with Crippen LogP contribution >= 0.6 is 27.7 Å². The number of hydrogen-bond donors (Lipinski definition) is 2. The summed E-state index contributed by atoms with van der Waals surface area (Å²) in [5.41, 5.74) is 1.19. The van der Waals surface area contributed by atoms with Crippen LogP contribution in [0.25, 0.3) is 0 Å². The van der Waals surface area contributed by atoms with Crippen LogP contribution in [0.4, 0.5) is 5.69 Å². The minimum absolute atomic E-state index is 0.0308. The second kappa shape index (κ2) is 10.1. The number of anilines is 1. The first-order valence-corrected chi connectivity index (χ1v) is 11.0. The fourth-order valence-electron chi connectivity index (χ4n) is 3.11. The van der Waals surface area contributed by atoms with Crippen LogP contribution < -0.4 is 5.32 Å². The first-order chi connectivity index (χ1) is 13.5. The molecule has 0 aliphatic carbocycles. The first kappa shape index (κ1) is 20.9. The second-order valence-electron chi connectivity index (χ2n) is 6.79. The van der Waals surface area contributed by atoms with Gasteiger partial charge in [-0.1, -0.05) is 22.0 Å². The highest BCUT2D eigenvalue weighted by Gasteiger charge is 2.23. The van der Waals surface area contributed by atoms with Gasteiger partial charge in [-0.2, -0.15) is 0 Å². The standard InChI is InChI=1S/C21H23BrN2O3S/c22-17-4-6-19(7-5-17)28-14-20(26)23-18-3-1-2-16(12-18)21(27)24-10-8-15(13-25)9-11-24/h1-7,12,15,25H,8-11,13-14H2,(H,23,26). The van der Waals surface area contributed by atoms with Gasteiger partial charge in [0.25, 0.3) is 5.91 Å². The summed E-state index contributed by atoms with van der Waals surface area (Å²) in [5, 5.41) is 12.1. The molecule has 148 valence electrons. The van der Waals surface area contributed by atoms with Gasteiger partial charge in [0.1, 0.15) is 0 Å². The van der Waals surface area contributed by atoms with Crippen LogP contribution in [-0.4, -0.2) is 47.3 Å². The van der Waals surface area contributed by atoms with E-state index in [4.69, 9.17) is 0 Å². The van der Waals surface area contributed by atoms with Crippen LogP contribution in [0.3, 0.4) is 0 Å². The van der Waals surface area contributed by atoms with E-state index in [1.807, 2.05) is 29.2 Å². The van der Waals surface area contributed by atoms with E-state index in [1.54, 1.807) is 24.3 Å². The molecule has 28 heavy (non-hydrogen) atoms. The summed E-state index contributed by atoms with van der Waals surface area (Å²) in [7, 11) is 0. The highest BCUT2D eigenvalue weighted by atomic mass is 79.9. The Bertz CT molecular complexity index is 821. The number of hydrogen-bond acceptors (Lipinski definition) is 4. The largest absolute Gasteiger partial charge is 0.396 e. The van der Waals surface area contributed by atoms with E-state index in [9.17, 15) is 14.7 Å². The minimum atomic E-state index is -0.110. The lowest BCUT2D eigenvalue weighted by Gasteiger charge is -2.31. The smallest absolute Gasteiger partial charge is 0.253 e. The number of likely N-dealkylation sites (tertiary alicyclic amines) is 1. The summed E-state index contributed by atoms with van der Waals surface area (Å²) in [6.45, 7) is 1.50. The zero-order valence-electron chi connectivity index (χ0n) is 15.4. The SMILES string of the molecule is O=C(CSc1ccc(Br)cc1)Nc1cccc(C(=O)N2CCC(CO)CC2)c1. The molecule has 2 N–H and O–H groups in total. The van der Waals surface area contributed by atoms with Gasteiger partial charge in [0.05, 0.1) is 5.75 Å². The van der Waals surface area contributed by atoms with Crippen LogP contribution in [0.5, 0.6) is 0 Å². The molecular weight excluding hydrogens is 440 g/mol. The van der Waals surface area contributed by atoms with Crippen molar-refractivity contribution in [3.05, 3.63) is 58.6 Å². The number of aliphatic hydroxyl groups is 1. The lowest BCUT2D eigenvalue weighted by atomic mass is 9.97. The molecule has 0 unspecified atom stereocenters. The quantitative estimate of drug-likeness (QED) is 0.635. The minimum Gasteiger partial charge on any atom is -0.396 e. The first-order valence-electron chi connectivity index (χ1n) is 9.23. The van der Waals surface area contributed by atoms with Crippen LogP contribution in [0.1, 0.15) is 23.2 Å². The van der Waals surface area contributed by atoms with Gasteiger partial charge in [-0.3, -0.25) is 9.59 Å². The Labute approximate surface area is 177 Å². The maximum Gasteiger partial charge on any atom is 0.253 e. The average molecular weight is 463 g/mol. The fraction of sp³-hybridized carbons (Fsp3) is 0.333. The van der Waals surface area contributed by atoms with Gasteiger partial charge in [-0.05, 0) is 61.2 Å². The molecule has 0 saturated carbocycles. The number of amides is 2. The molecule has 0 aromatic heterocycles. The Kier molecular flexibility index (Phi) is 7.53. The van der Waals surface area contributed by atoms with E-state index >= 15 is 0 Å². The summed E-state index contributed by atoms with van der Waals surface area (Å²) in [4.78, 5) is 27.8. The molecule has 1 fully saturated rings. The van der Waals surface area contributed by atoms with Crippen molar-refractivity contribution in [3.63, 3.8) is 0 Å². The summed E-state index contributed by atoms with van der Waals surface area (Å²) >= 11 is 4.86. The number of piperidine rings is 1. The third kappa shape index (κ3) is 5.83. The van der Waals surface area contributed by atoms with Crippen LogP contribution in [-0.2, 0) is 4.79 Å². The van der Waals surface area contributed by atoms with E-state index in [0.29, 0.717) is 30.1 Å². The number of nitrogens with zero attached hydrogens (tertiary/aromatic N) is 1. The van der Waals surface area contributed by atoms with Gasteiger partial charge < -0.3 is 15.3 Å². The molecule has 0 radical (unpaired) electrons. The Morgan fingerprint density at radius 1 is 1.14 bits per heavy atom. The maximum absolute atomic E-state index is 12.7. The molecule has 0 spiro atoms. The molecule has 0 atom stereocenters. The Morgan fingerprint density at radius 3 is 2.54 bits per heavy atom. The lowest BCUT2D eigenvalue weighted by Crippen LogP contribution is -2.39. The number of aliphatic hydroxyl groups excluding tert-OH is 1. The van der Waals surface area contributed by atoms with E-state index in [1.165, 1.54) is 11.8 Å². The molecule has 7 heteroatoms. The van der Waals surface area contributed by atoms with E-state index in [0.717, 1.165) is 22.2 Å². The average Bonchev–Trinajstić information content (AvgIpc) is 2.73. The normalized spacial score (nSPS) is 14.7. The lowest BCUT2D eigenvalue weighted by molar-refractivity contribution is -0.113. The predicted octanol–water partition coefficient (Wildman–Crippen LogP) is 4.02. The summed E-state index contributed by atoms with van der Waals surface area (Å²) < 4.78 is 1.00. The van der Waals surface area contributed by atoms with Crippen molar-refractivity contribution in [1.82, 2.24) is 4.90 Å². The summed E-state index contributed by atoms with van der Waals surface area (Å²) in [6, 6.07) is 14.9. The van der Waals surface area contributed by atoms with Crippen molar-refractivity contribution < 1.29 is 14.7 Å². The number of rotatable bonds is 6. The predicted molar refractivity (Wildman–Crippen MR) is 116 cm³/mol. The van der Waals surface area contributed by atoms with Gasteiger partial charge in [0.15, 0.2) is 0 Å². The van der Waals surface area contributed by atoms with Crippen molar-refractivity contribution in [2.24, 2.45) is 5.92 Å². The molecular formula is C21H23BrN2O3S. The summed E-state index contributed by atoms with van der Waals surface area (Å²) in [6.07, 6.45) is 1.65.